The molecule has 1 aromatic rings. The SMILES string of the molecule is CCOc1ccc(C(=O)C(C)N)c(F)c1. The largest absolute Gasteiger partial charge is 0.494 e. The maximum absolute atomic E-state index is 13.4. The monoisotopic (exact) mass is 211 g/mol. The topological polar surface area (TPSA) is 52.3 Å². The highest BCUT2D eigenvalue weighted by Gasteiger charge is 2.15. The Morgan fingerprint density at radius 2 is 2.27 bits per heavy atom. The van der Waals surface area contributed by atoms with E-state index in [0.29, 0.717) is 12.4 Å². The summed E-state index contributed by atoms with van der Waals surface area (Å²) in [4.78, 5) is 11.4. The molecule has 0 aromatic heterocycles. The van der Waals surface area contributed by atoms with Gasteiger partial charge >= 0.3 is 0 Å². The van der Waals surface area contributed by atoms with Gasteiger partial charge in [-0.3, -0.25) is 4.79 Å². The fourth-order valence-electron chi connectivity index (χ4n) is 1.20. The molecule has 1 unspecified atom stereocenters. The second-order valence-electron chi connectivity index (χ2n) is 3.23. The minimum Gasteiger partial charge on any atom is -0.494 e. The van der Waals surface area contributed by atoms with Gasteiger partial charge in [0.1, 0.15) is 11.6 Å². The minimum absolute atomic E-state index is 0.00783. The van der Waals surface area contributed by atoms with Crippen LogP contribution in [0.1, 0.15) is 24.2 Å². The lowest BCUT2D eigenvalue weighted by Crippen LogP contribution is -2.27. The zero-order chi connectivity index (χ0) is 11.4. The van der Waals surface area contributed by atoms with Crippen molar-refractivity contribution in [2.24, 2.45) is 5.73 Å². The summed E-state index contributed by atoms with van der Waals surface area (Å²) < 4.78 is 18.5. The number of rotatable bonds is 4. The summed E-state index contributed by atoms with van der Waals surface area (Å²) >= 11 is 0. The van der Waals surface area contributed by atoms with Crippen LogP contribution in [0.25, 0.3) is 0 Å². The van der Waals surface area contributed by atoms with Gasteiger partial charge in [0.25, 0.3) is 0 Å². The van der Waals surface area contributed by atoms with E-state index in [4.69, 9.17) is 10.5 Å². The smallest absolute Gasteiger partial charge is 0.182 e. The van der Waals surface area contributed by atoms with E-state index >= 15 is 0 Å². The Balaban J connectivity index is 2.97. The standard InChI is InChI=1S/C11H14FNO2/c1-3-15-8-4-5-9(10(12)6-8)11(14)7(2)13/h4-7H,3,13H2,1-2H3. The molecule has 0 aliphatic heterocycles. The molecule has 1 aromatic carbocycles. The van der Waals surface area contributed by atoms with E-state index in [1.165, 1.54) is 19.1 Å². The number of Topliss-reactive ketones (excluding diaryl/α,β-unsaturated/α-hetero) is 1. The molecule has 15 heavy (non-hydrogen) atoms. The van der Waals surface area contributed by atoms with Crippen molar-refractivity contribution in [2.75, 3.05) is 6.61 Å². The Morgan fingerprint density at radius 1 is 1.60 bits per heavy atom. The van der Waals surface area contributed by atoms with Gasteiger partial charge in [-0.25, -0.2) is 4.39 Å². The number of nitrogens with two attached hydrogens (primary N) is 1. The van der Waals surface area contributed by atoms with Crippen LogP contribution in [0, 0.1) is 5.82 Å². The molecule has 1 rings (SSSR count). The van der Waals surface area contributed by atoms with Crippen LogP contribution >= 0.6 is 0 Å². The van der Waals surface area contributed by atoms with Crippen molar-refractivity contribution >= 4 is 5.78 Å². The highest BCUT2D eigenvalue weighted by Crippen LogP contribution is 2.17. The zero-order valence-electron chi connectivity index (χ0n) is 8.79. The molecule has 0 saturated heterocycles. The molecular formula is C11H14FNO2. The summed E-state index contributed by atoms with van der Waals surface area (Å²) in [5.41, 5.74) is 5.39. The van der Waals surface area contributed by atoms with E-state index in [9.17, 15) is 9.18 Å². The van der Waals surface area contributed by atoms with Crippen LogP contribution in [0.3, 0.4) is 0 Å². The summed E-state index contributed by atoms with van der Waals surface area (Å²) in [5, 5.41) is 0. The molecule has 1 atom stereocenters. The summed E-state index contributed by atoms with van der Waals surface area (Å²) in [5.74, 6) is -0.588. The molecular weight excluding hydrogens is 197 g/mol. The Hall–Kier alpha value is -1.42. The predicted octanol–water partition coefficient (Wildman–Crippen LogP) is 1.75. The first-order chi connectivity index (χ1) is 7.06. The molecule has 4 heteroatoms. The van der Waals surface area contributed by atoms with Gasteiger partial charge in [0.2, 0.25) is 0 Å². The highest BCUT2D eigenvalue weighted by atomic mass is 19.1. The van der Waals surface area contributed by atoms with Crippen LogP contribution in [0.4, 0.5) is 4.39 Å². The molecule has 0 saturated carbocycles. The molecule has 0 fully saturated rings. The van der Waals surface area contributed by atoms with Gasteiger partial charge in [-0.2, -0.15) is 0 Å². The van der Waals surface area contributed by atoms with E-state index in [-0.39, 0.29) is 5.56 Å². The average molecular weight is 211 g/mol. The van der Waals surface area contributed by atoms with Gasteiger partial charge in [0.15, 0.2) is 5.78 Å². The molecule has 0 spiro atoms. The number of ketones is 1. The normalized spacial score (nSPS) is 12.3. The van der Waals surface area contributed by atoms with Gasteiger partial charge in [0.05, 0.1) is 18.2 Å². The average Bonchev–Trinajstić information content (AvgIpc) is 2.17. The number of hydrogen-bond donors (Lipinski definition) is 1. The zero-order valence-corrected chi connectivity index (χ0v) is 8.79. The lowest BCUT2D eigenvalue weighted by Gasteiger charge is -2.07. The van der Waals surface area contributed by atoms with E-state index in [0.717, 1.165) is 0 Å². The summed E-state index contributed by atoms with van der Waals surface area (Å²) in [7, 11) is 0. The van der Waals surface area contributed by atoms with Crippen molar-refractivity contribution in [1.29, 1.82) is 0 Å². The van der Waals surface area contributed by atoms with Crippen LogP contribution in [-0.4, -0.2) is 18.4 Å². The number of ether oxygens (including phenoxy) is 1. The van der Waals surface area contributed by atoms with E-state index in [1.54, 1.807) is 13.0 Å². The molecule has 82 valence electrons. The second kappa shape index (κ2) is 4.89. The van der Waals surface area contributed by atoms with E-state index in [2.05, 4.69) is 0 Å². The molecule has 0 amide bonds. The van der Waals surface area contributed by atoms with Gasteiger partial charge in [-0.1, -0.05) is 0 Å². The Bertz CT molecular complexity index is 364. The summed E-state index contributed by atoms with van der Waals surface area (Å²) in [6, 6.07) is 3.45. The lowest BCUT2D eigenvalue weighted by molar-refractivity contribution is 0.0964. The molecule has 0 heterocycles. The number of carbonyl (C=O) groups excluding carboxylic acids is 1. The Kier molecular flexibility index (Phi) is 3.80. The first-order valence-electron chi connectivity index (χ1n) is 4.78. The summed E-state index contributed by atoms with van der Waals surface area (Å²) in [6.45, 7) is 3.79. The lowest BCUT2D eigenvalue weighted by atomic mass is 10.1. The maximum Gasteiger partial charge on any atom is 0.182 e. The van der Waals surface area contributed by atoms with Gasteiger partial charge in [-0.05, 0) is 26.0 Å². The number of hydrogen-bond acceptors (Lipinski definition) is 3. The van der Waals surface area contributed by atoms with E-state index < -0.39 is 17.6 Å². The van der Waals surface area contributed by atoms with E-state index in [1.807, 2.05) is 0 Å². The quantitative estimate of drug-likeness (QED) is 0.772. The van der Waals surface area contributed by atoms with Crippen molar-refractivity contribution < 1.29 is 13.9 Å². The van der Waals surface area contributed by atoms with Gasteiger partial charge in [-0.15, -0.1) is 0 Å². The van der Waals surface area contributed by atoms with Gasteiger partial charge < -0.3 is 10.5 Å². The molecule has 2 N–H and O–H groups in total. The van der Waals surface area contributed by atoms with Crippen molar-refractivity contribution in [3.63, 3.8) is 0 Å². The van der Waals surface area contributed by atoms with Crippen molar-refractivity contribution in [3.05, 3.63) is 29.6 Å². The number of halogens is 1. The van der Waals surface area contributed by atoms with Crippen LogP contribution in [0.2, 0.25) is 0 Å². The number of benzene rings is 1. The first-order valence-corrected chi connectivity index (χ1v) is 4.78. The third-order valence-corrected chi connectivity index (χ3v) is 1.93. The third kappa shape index (κ3) is 2.76. The minimum atomic E-state index is -0.697. The fourth-order valence-corrected chi connectivity index (χ4v) is 1.20. The molecule has 3 nitrogen and oxygen atoms in total. The van der Waals surface area contributed by atoms with Crippen LogP contribution in [-0.2, 0) is 0 Å². The highest BCUT2D eigenvalue weighted by molar-refractivity contribution is 6.00. The summed E-state index contributed by atoms with van der Waals surface area (Å²) in [6.07, 6.45) is 0. The fraction of sp³-hybridized carbons (Fsp3) is 0.364. The molecule has 0 aliphatic carbocycles. The van der Waals surface area contributed by atoms with Crippen molar-refractivity contribution in [3.8, 4) is 5.75 Å². The molecule has 0 bridgehead atoms. The molecule has 0 aliphatic rings. The third-order valence-electron chi connectivity index (χ3n) is 1.93. The second-order valence-corrected chi connectivity index (χ2v) is 3.23. The van der Waals surface area contributed by atoms with Crippen LogP contribution < -0.4 is 10.5 Å². The maximum atomic E-state index is 13.4. The van der Waals surface area contributed by atoms with Crippen molar-refractivity contribution in [1.82, 2.24) is 0 Å². The first kappa shape index (κ1) is 11.7. The van der Waals surface area contributed by atoms with Crippen LogP contribution in [0.5, 0.6) is 5.75 Å². The number of carbonyl (C=O) groups is 1. The Labute approximate surface area is 88.0 Å². The Morgan fingerprint density at radius 3 is 2.73 bits per heavy atom. The molecule has 0 radical (unpaired) electrons. The van der Waals surface area contributed by atoms with Crippen LogP contribution in [0.15, 0.2) is 18.2 Å². The van der Waals surface area contributed by atoms with Gasteiger partial charge in [0, 0.05) is 6.07 Å². The van der Waals surface area contributed by atoms with Crippen molar-refractivity contribution in [2.45, 2.75) is 19.9 Å². The predicted molar refractivity (Wildman–Crippen MR) is 55.5 cm³/mol.